The molecule has 1 atom stereocenters. The van der Waals surface area contributed by atoms with Crippen LogP contribution in [0.3, 0.4) is 0 Å². The molecule has 0 amide bonds. The Hall–Kier alpha value is -0.0800. The third-order valence-electron chi connectivity index (χ3n) is 2.46. The summed E-state index contributed by atoms with van der Waals surface area (Å²) in [6.07, 6.45) is 5.40. The van der Waals surface area contributed by atoms with Crippen LogP contribution in [0.1, 0.15) is 45.4 Å². The molecule has 0 aromatic rings. The van der Waals surface area contributed by atoms with Crippen LogP contribution < -0.4 is 0 Å². The predicted octanol–water partition coefficient (Wildman–Crippen LogP) is 1.45. The van der Waals surface area contributed by atoms with Gasteiger partial charge in [0, 0.05) is 6.42 Å². The number of aliphatic hydroxyl groups is 2. The highest BCUT2D eigenvalue weighted by Crippen LogP contribution is 2.31. The van der Waals surface area contributed by atoms with Gasteiger partial charge in [0.2, 0.25) is 0 Å². The average molecular weight is 158 g/mol. The van der Waals surface area contributed by atoms with Crippen LogP contribution in [0.2, 0.25) is 0 Å². The van der Waals surface area contributed by atoms with Crippen LogP contribution in [0.15, 0.2) is 0 Å². The third-order valence-corrected chi connectivity index (χ3v) is 2.46. The van der Waals surface area contributed by atoms with Crippen molar-refractivity contribution in [1.29, 1.82) is 0 Å². The average Bonchev–Trinajstić information content (AvgIpc) is 1.85. The maximum atomic E-state index is 9.88. The maximum Gasteiger partial charge on any atom is 0.0672 e. The summed E-state index contributed by atoms with van der Waals surface area (Å²) in [7, 11) is 0. The van der Waals surface area contributed by atoms with E-state index in [-0.39, 0.29) is 6.10 Å². The Kier molecular flexibility index (Phi) is 2.90. The Labute approximate surface area is 68.2 Å². The van der Waals surface area contributed by atoms with Crippen LogP contribution >= 0.6 is 0 Å². The van der Waals surface area contributed by atoms with Gasteiger partial charge in [-0.2, -0.15) is 0 Å². The molecule has 2 nitrogen and oxygen atoms in total. The smallest absolute Gasteiger partial charge is 0.0672 e. The Morgan fingerprint density at radius 1 is 1.27 bits per heavy atom. The van der Waals surface area contributed by atoms with Crippen molar-refractivity contribution >= 4 is 0 Å². The van der Waals surface area contributed by atoms with Gasteiger partial charge in [-0.15, -0.1) is 0 Å². The minimum absolute atomic E-state index is 0.363. The maximum absolute atomic E-state index is 9.88. The quantitative estimate of drug-likeness (QED) is 0.638. The van der Waals surface area contributed by atoms with E-state index >= 15 is 0 Å². The SMILES string of the molecule is CC(O)CC1(O)CCCCC1. The van der Waals surface area contributed by atoms with E-state index in [1.165, 1.54) is 6.42 Å². The summed E-state index contributed by atoms with van der Waals surface area (Å²) in [5.74, 6) is 0. The lowest BCUT2D eigenvalue weighted by atomic mass is 9.81. The van der Waals surface area contributed by atoms with Crippen molar-refractivity contribution in [1.82, 2.24) is 0 Å². The van der Waals surface area contributed by atoms with Crippen LogP contribution in [-0.4, -0.2) is 21.9 Å². The molecular formula is C9H18O2. The molecule has 0 aromatic heterocycles. The molecular weight excluding hydrogens is 140 g/mol. The molecule has 0 aromatic carbocycles. The molecule has 1 unspecified atom stereocenters. The van der Waals surface area contributed by atoms with Gasteiger partial charge in [-0.25, -0.2) is 0 Å². The zero-order chi connectivity index (χ0) is 8.32. The van der Waals surface area contributed by atoms with Gasteiger partial charge in [0.1, 0.15) is 0 Å². The highest BCUT2D eigenvalue weighted by Gasteiger charge is 2.29. The molecule has 0 aliphatic heterocycles. The lowest BCUT2D eigenvalue weighted by molar-refractivity contribution is -0.0334. The van der Waals surface area contributed by atoms with E-state index in [1.54, 1.807) is 6.92 Å². The van der Waals surface area contributed by atoms with Crippen molar-refractivity contribution in [3.8, 4) is 0 Å². The van der Waals surface area contributed by atoms with E-state index in [0.29, 0.717) is 6.42 Å². The summed E-state index contributed by atoms with van der Waals surface area (Å²) in [6.45, 7) is 1.74. The fourth-order valence-corrected chi connectivity index (χ4v) is 1.96. The molecule has 1 saturated carbocycles. The second-order valence-electron chi connectivity index (χ2n) is 3.84. The third kappa shape index (κ3) is 2.80. The molecule has 2 heteroatoms. The lowest BCUT2D eigenvalue weighted by Gasteiger charge is -2.32. The highest BCUT2D eigenvalue weighted by atomic mass is 16.3. The minimum atomic E-state index is -0.549. The van der Waals surface area contributed by atoms with Crippen molar-refractivity contribution in [3.63, 3.8) is 0 Å². The molecule has 0 saturated heterocycles. The second kappa shape index (κ2) is 3.55. The highest BCUT2D eigenvalue weighted by molar-refractivity contribution is 4.83. The fourth-order valence-electron chi connectivity index (χ4n) is 1.96. The standard InChI is InChI=1S/C9H18O2/c1-8(10)7-9(11)5-3-2-4-6-9/h8,10-11H,2-7H2,1H3. The molecule has 66 valence electrons. The predicted molar refractivity (Wildman–Crippen MR) is 44.3 cm³/mol. The summed E-state index contributed by atoms with van der Waals surface area (Å²) >= 11 is 0. The Morgan fingerprint density at radius 3 is 2.27 bits per heavy atom. The summed E-state index contributed by atoms with van der Waals surface area (Å²) in [4.78, 5) is 0. The summed E-state index contributed by atoms with van der Waals surface area (Å²) in [5.41, 5.74) is -0.549. The van der Waals surface area contributed by atoms with E-state index in [4.69, 9.17) is 5.11 Å². The summed E-state index contributed by atoms with van der Waals surface area (Å²) < 4.78 is 0. The first kappa shape index (κ1) is 9.01. The van der Waals surface area contributed by atoms with Crippen LogP contribution in [0, 0.1) is 0 Å². The zero-order valence-electron chi connectivity index (χ0n) is 7.21. The molecule has 1 rings (SSSR count). The largest absolute Gasteiger partial charge is 0.393 e. The van der Waals surface area contributed by atoms with Gasteiger partial charge in [-0.1, -0.05) is 19.3 Å². The van der Waals surface area contributed by atoms with Crippen molar-refractivity contribution < 1.29 is 10.2 Å². The Bertz CT molecular complexity index is 115. The van der Waals surface area contributed by atoms with Gasteiger partial charge in [0.25, 0.3) is 0 Å². The van der Waals surface area contributed by atoms with Crippen LogP contribution in [0.4, 0.5) is 0 Å². The van der Waals surface area contributed by atoms with Crippen molar-refractivity contribution in [2.45, 2.75) is 57.2 Å². The first-order chi connectivity index (χ1) is 5.12. The molecule has 1 aliphatic rings. The van der Waals surface area contributed by atoms with E-state index in [0.717, 1.165) is 25.7 Å². The van der Waals surface area contributed by atoms with Gasteiger partial charge < -0.3 is 10.2 Å². The first-order valence-corrected chi connectivity index (χ1v) is 4.53. The van der Waals surface area contributed by atoms with Crippen molar-refractivity contribution in [2.24, 2.45) is 0 Å². The fraction of sp³-hybridized carbons (Fsp3) is 1.00. The molecule has 0 spiro atoms. The van der Waals surface area contributed by atoms with E-state index in [2.05, 4.69) is 0 Å². The van der Waals surface area contributed by atoms with Gasteiger partial charge in [-0.3, -0.25) is 0 Å². The van der Waals surface area contributed by atoms with Gasteiger partial charge >= 0.3 is 0 Å². The number of hydrogen-bond donors (Lipinski definition) is 2. The number of hydrogen-bond acceptors (Lipinski definition) is 2. The monoisotopic (exact) mass is 158 g/mol. The summed E-state index contributed by atoms with van der Waals surface area (Å²) in [5, 5.41) is 19.0. The second-order valence-corrected chi connectivity index (χ2v) is 3.84. The zero-order valence-corrected chi connectivity index (χ0v) is 7.21. The van der Waals surface area contributed by atoms with Crippen LogP contribution in [0.25, 0.3) is 0 Å². The van der Waals surface area contributed by atoms with Gasteiger partial charge in [-0.05, 0) is 19.8 Å². The molecule has 0 bridgehead atoms. The van der Waals surface area contributed by atoms with Crippen LogP contribution in [0.5, 0.6) is 0 Å². The van der Waals surface area contributed by atoms with E-state index in [9.17, 15) is 5.11 Å². The molecule has 0 radical (unpaired) electrons. The van der Waals surface area contributed by atoms with Crippen LogP contribution in [-0.2, 0) is 0 Å². The molecule has 2 N–H and O–H groups in total. The van der Waals surface area contributed by atoms with E-state index in [1.807, 2.05) is 0 Å². The lowest BCUT2D eigenvalue weighted by Crippen LogP contribution is -2.34. The number of aliphatic hydroxyl groups excluding tert-OH is 1. The molecule has 1 fully saturated rings. The topological polar surface area (TPSA) is 40.5 Å². The van der Waals surface area contributed by atoms with Gasteiger partial charge in [0.05, 0.1) is 11.7 Å². The van der Waals surface area contributed by atoms with Crippen molar-refractivity contribution in [3.05, 3.63) is 0 Å². The van der Waals surface area contributed by atoms with E-state index < -0.39 is 5.60 Å². The normalized spacial score (nSPS) is 26.5. The molecule has 0 heterocycles. The minimum Gasteiger partial charge on any atom is -0.393 e. The molecule has 1 aliphatic carbocycles. The first-order valence-electron chi connectivity index (χ1n) is 4.53. The van der Waals surface area contributed by atoms with Gasteiger partial charge in [0.15, 0.2) is 0 Å². The molecule has 11 heavy (non-hydrogen) atoms. The number of rotatable bonds is 2. The summed E-state index contributed by atoms with van der Waals surface area (Å²) in [6, 6.07) is 0. The Balaban J connectivity index is 2.37. The van der Waals surface area contributed by atoms with Crippen molar-refractivity contribution in [2.75, 3.05) is 0 Å². The Morgan fingerprint density at radius 2 is 1.82 bits per heavy atom.